The largest absolute Gasteiger partial charge is 0.508 e. The minimum absolute atomic E-state index is 0.0125. The van der Waals surface area contributed by atoms with Crippen molar-refractivity contribution in [1.29, 1.82) is 0 Å². The van der Waals surface area contributed by atoms with Crippen LogP contribution in [0.15, 0.2) is 243 Å². The number of rotatable bonds is 20. The molecule has 2 atom stereocenters. The van der Waals surface area contributed by atoms with Crippen molar-refractivity contribution in [3.8, 4) is 46.0 Å². The fourth-order valence-corrected chi connectivity index (χ4v) is 20.6. The molecule has 2 saturated heterocycles. The summed E-state index contributed by atoms with van der Waals surface area (Å²) in [6, 6.07) is 72.5. The van der Waals surface area contributed by atoms with E-state index in [0.29, 0.717) is 84.4 Å². The van der Waals surface area contributed by atoms with E-state index in [0.717, 1.165) is 143 Å². The zero-order chi connectivity index (χ0) is 105. The maximum atomic E-state index is 15.0. The highest BCUT2D eigenvalue weighted by atomic mass is 19.2. The topological polar surface area (TPSA) is 270 Å². The van der Waals surface area contributed by atoms with E-state index < -0.39 is 39.2 Å². The van der Waals surface area contributed by atoms with Crippen LogP contribution in [0.1, 0.15) is 232 Å². The number of hydrogen-bond acceptors (Lipinski definition) is 17. The van der Waals surface area contributed by atoms with E-state index in [-0.39, 0.29) is 96.0 Å². The van der Waals surface area contributed by atoms with Gasteiger partial charge in [-0.1, -0.05) is 253 Å². The Labute approximate surface area is 853 Å². The first-order valence-electron chi connectivity index (χ1n) is 50.3. The van der Waals surface area contributed by atoms with Crippen LogP contribution in [-0.4, -0.2) is 186 Å². The lowest BCUT2D eigenvalue weighted by atomic mass is 9.67. The third-order valence-corrected chi connectivity index (χ3v) is 29.5. The van der Waals surface area contributed by atoms with Crippen LogP contribution < -0.4 is 30.3 Å². The molecule has 6 aliphatic rings. The van der Waals surface area contributed by atoms with Crippen molar-refractivity contribution in [2.45, 2.75) is 186 Å². The van der Waals surface area contributed by atoms with Gasteiger partial charge in [0.1, 0.15) is 80.9 Å². The van der Waals surface area contributed by atoms with Crippen molar-refractivity contribution in [2.24, 2.45) is 0 Å². The number of likely N-dealkylation sites (N-methyl/N-ethyl adjacent to an activating group) is 2. The summed E-state index contributed by atoms with van der Waals surface area (Å²) in [5.41, 5.74) is 9.12. The van der Waals surface area contributed by atoms with Crippen LogP contribution in [0, 0.1) is 11.6 Å². The van der Waals surface area contributed by atoms with Gasteiger partial charge >= 0.3 is 0 Å². The minimum Gasteiger partial charge on any atom is -0.508 e. The quantitative estimate of drug-likeness (QED) is 0.0343. The van der Waals surface area contributed by atoms with Gasteiger partial charge in [0, 0.05) is 138 Å². The van der Waals surface area contributed by atoms with Crippen LogP contribution >= 0.6 is 0 Å². The molecule has 2 unspecified atom stereocenters. The zero-order valence-electron chi connectivity index (χ0n) is 87.7. The average molecular weight is 1970 g/mol. The third-order valence-electron chi connectivity index (χ3n) is 29.5. The van der Waals surface area contributed by atoms with Gasteiger partial charge < -0.3 is 75.5 Å². The van der Waals surface area contributed by atoms with Crippen LogP contribution in [0.5, 0.6) is 46.0 Å². The normalized spacial score (nSPS) is 17.8. The molecule has 21 nitrogen and oxygen atoms in total. The maximum absolute atomic E-state index is 15.0. The molecule has 762 valence electrons. The number of anilines is 4. The van der Waals surface area contributed by atoms with Gasteiger partial charge in [0.25, 0.3) is 0 Å². The lowest BCUT2D eigenvalue weighted by Crippen LogP contribution is -2.46. The maximum Gasteiger partial charge on any atom is 0.247 e. The summed E-state index contributed by atoms with van der Waals surface area (Å²) >= 11 is 0. The number of benzene rings is 12. The third kappa shape index (κ3) is 20.6. The van der Waals surface area contributed by atoms with Crippen molar-refractivity contribution >= 4 is 46.4 Å². The Morgan fingerprint density at radius 3 is 1.13 bits per heavy atom. The lowest BCUT2D eigenvalue weighted by Gasteiger charge is -2.34. The molecule has 6 heterocycles. The number of halogens is 2. The predicted molar refractivity (Wildman–Crippen MR) is 573 cm³/mol. The summed E-state index contributed by atoms with van der Waals surface area (Å²) in [4.78, 5) is 68.0. The SMILES string of the molecule is CC(C)(C)c1ccc(O)c(C2(c3cc(C(C)(C)C)ccc3O)C(=O)N(CCN3CCOCC3)c3ccccc32)c1.CCN(C)CCOc1ccc(C(C)(C)C)cc1C1(c2cc(C(C)(C)C)ccc2O)C(=O)Nc2ccccc21.CN1CCN(CCOc2ccc(C(C)(C)C)cc2C2(c3cc(C(C)(C)C)ccc3O)C(=O)Nc3ccccc32)CC1.O=C1Nc2c(ccc(F)c2F)C1(c1ccc(O)cc1)c1ccc(O)cc1. The molecule has 12 aromatic rings. The number of morpholine rings is 1. The first-order chi connectivity index (χ1) is 68.4. The molecular weight excluding hydrogens is 1820 g/mol. The first kappa shape index (κ1) is 106. The van der Waals surface area contributed by atoms with E-state index in [1.165, 1.54) is 30.3 Å². The summed E-state index contributed by atoms with van der Waals surface area (Å²) in [5, 5.41) is 73.8. The second-order valence-corrected chi connectivity index (χ2v) is 45.3. The van der Waals surface area contributed by atoms with Crippen LogP contribution in [-0.2, 0) is 78.1 Å². The Morgan fingerprint density at radius 2 is 0.724 bits per heavy atom. The molecule has 0 saturated carbocycles. The number of carbonyl (C=O) groups excluding carboxylic acids is 4. The number of hydrogen-bond donors (Lipinski definition) is 9. The van der Waals surface area contributed by atoms with Gasteiger partial charge in [0.2, 0.25) is 23.6 Å². The van der Waals surface area contributed by atoms with E-state index in [2.05, 4.69) is 205 Å². The number of carbonyl (C=O) groups is 4. The molecule has 18 rings (SSSR count). The second kappa shape index (κ2) is 41.2. The first-order valence-corrected chi connectivity index (χ1v) is 50.3. The monoisotopic (exact) mass is 1970 g/mol. The predicted octanol–water partition coefficient (Wildman–Crippen LogP) is 21.9. The molecule has 0 spiro atoms. The second-order valence-electron chi connectivity index (χ2n) is 45.3. The molecule has 4 amide bonds. The Balaban J connectivity index is 0.000000147. The minimum atomic E-state index is -1.44. The van der Waals surface area contributed by atoms with Gasteiger partial charge in [0.05, 0.1) is 18.9 Å². The van der Waals surface area contributed by atoms with Crippen LogP contribution in [0.4, 0.5) is 31.5 Å². The number of amides is 4. The molecule has 145 heavy (non-hydrogen) atoms. The van der Waals surface area contributed by atoms with E-state index in [1.807, 2.05) is 138 Å². The standard InChI is InChI=1S/C35H45N3O3.C34H42N2O4.C33H42N2O3.C20H13F2NO3/c1-33(2,3)24-12-14-30(39)27(22-24)35(26-10-8-9-11-29(26)36-32(35)40)28-23-25(34(4,5)6)13-15-31(28)41-21-20-38-18-16-37(7)17-19-38;1-32(2,3)23-11-13-29(37)26(21-23)34(27-22-24(33(4,5)6)12-14-30(27)38)25-9-7-8-10-28(25)36(31(34)39)16-15-35-17-19-40-20-18-35;1-9-35(8)18-19-38-29-17-15-23(32(5,6)7)21-26(29)33(24-12-10-11-13-27(24)34-30(33)37)25-20-22(31(2,3)4)14-16-28(25)36;21-16-10-9-15-18(17(16)22)23-19(26)20(15,11-1-5-13(24)6-2-11)12-3-7-14(25)8-4-12/h8-15,22-23,39H,16-21H2,1-7H3,(H,36,40);7-14,21-22,37-38H,15-20H2,1-6H3;10-17,20-21,36H,9,18-19H2,1-8H3,(H,34,37);1-10,24-25H,(H,23,26). The number of nitrogens with one attached hydrogen (secondary N) is 3. The summed E-state index contributed by atoms with van der Waals surface area (Å²) in [6.45, 7) is 52.6. The van der Waals surface area contributed by atoms with Crippen LogP contribution in [0.2, 0.25) is 0 Å². The molecule has 6 aliphatic heterocycles. The smallest absolute Gasteiger partial charge is 0.247 e. The van der Waals surface area contributed by atoms with Gasteiger partial charge in [-0.05, 0) is 219 Å². The van der Waals surface area contributed by atoms with Crippen molar-refractivity contribution in [1.82, 2.24) is 19.6 Å². The van der Waals surface area contributed by atoms with Gasteiger partial charge in [-0.15, -0.1) is 0 Å². The summed E-state index contributed by atoms with van der Waals surface area (Å²) in [7, 11) is 4.22. The summed E-state index contributed by atoms with van der Waals surface area (Å²) < 4.78 is 46.5. The number of piperazine rings is 1. The molecule has 12 aromatic carbocycles. The number of fused-ring (bicyclic) bond motifs is 4. The van der Waals surface area contributed by atoms with Gasteiger partial charge in [-0.25, -0.2) is 8.78 Å². The Hall–Kier alpha value is -13.4. The Kier molecular flexibility index (Phi) is 30.1. The van der Waals surface area contributed by atoms with Gasteiger partial charge in [0.15, 0.2) is 11.6 Å². The summed E-state index contributed by atoms with van der Waals surface area (Å²) in [6.07, 6.45) is 0. The number of aromatic hydroxyl groups is 6. The van der Waals surface area contributed by atoms with Crippen molar-refractivity contribution in [3.05, 3.63) is 354 Å². The molecule has 0 aromatic heterocycles. The van der Waals surface area contributed by atoms with E-state index in [4.69, 9.17) is 14.2 Å². The average Bonchev–Trinajstić information content (AvgIpc) is 1.53. The van der Waals surface area contributed by atoms with E-state index in [9.17, 15) is 53.8 Å². The number of nitrogens with zero attached hydrogens (tertiary/aromatic N) is 5. The lowest BCUT2D eigenvalue weighted by molar-refractivity contribution is -0.121. The van der Waals surface area contributed by atoms with Crippen molar-refractivity contribution in [2.75, 3.05) is 133 Å². The molecule has 2 fully saturated rings. The van der Waals surface area contributed by atoms with Crippen molar-refractivity contribution < 1.29 is 72.8 Å². The van der Waals surface area contributed by atoms with E-state index >= 15 is 4.79 Å². The van der Waals surface area contributed by atoms with Crippen molar-refractivity contribution in [3.63, 3.8) is 0 Å². The highest BCUT2D eigenvalue weighted by molar-refractivity contribution is 6.16. The highest BCUT2D eigenvalue weighted by Crippen LogP contribution is 2.60. The molecule has 0 aliphatic carbocycles. The molecule has 9 N–H and O–H groups in total. The molecule has 0 radical (unpaired) electrons. The summed E-state index contributed by atoms with van der Waals surface area (Å²) in [5.74, 6) is -1.69. The molecular formula is C122H142F2N8O13. The number of ether oxygens (including phenoxy) is 3. The Morgan fingerprint density at radius 1 is 0.366 bits per heavy atom. The van der Waals surface area contributed by atoms with Crippen LogP contribution in [0.25, 0.3) is 0 Å². The number of phenols is 6. The molecule has 23 heteroatoms. The number of para-hydroxylation sites is 3. The van der Waals surface area contributed by atoms with E-state index in [1.54, 1.807) is 48.5 Å². The zero-order valence-corrected chi connectivity index (χ0v) is 87.7. The molecule has 0 bridgehead atoms. The fourth-order valence-electron chi connectivity index (χ4n) is 20.6. The fraction of sp³-hybridized carbons (Fsp3) is 0.377. The van der Waals surface area contributed by atoms with Gasteiger partial charge in [-0.2, -0.15) is 0 Å². The van der Waals surface area contributed by atoms with Crippen LogP contribution in [0.3, 0.4) is 0 Å². The Bertz CT molecular complexity index is 6700. The highest BCUT2D eigenvalue weighted by Gasteiger charge is 2.59. The number of phenolic OH excluding ortho intramolecular Hbond substituents is 6. The van der Waals surface area contributed by atoms with Gasteiger partial charge in [-0.3, -0.25) is 29.0 Å².